The summed E-state index contributed by atoms with van der Waals surface area (Å²) >= 11 is 1.44. The van der Waals surface area contributed by atoms with Crippen LogP contribution in [-0.4, -0.2) is 41.5 Å². The molecule has 3 heterocycles. The lowest BCUT2D eigenvalue weighted by Crippen LogP contribution is -2.43. The van der Waals surface area contributed by atoms with E-state index in [4.69, 9.17) is 4.74 Å². The Hall–Kier alpha value is -1.92. The zero-order valence-corrected chi connectivity index (χ0v) is 12.9. The van der Waals surface area contributed by atoms with Crippen molar-refractivity contribution in [3.05, 3.63) is 41.4 Å². The van der Waals surface area contributed by atoms with Crippen LogP contribution in [0.4, 0.5) is 0 Å². The van der Waals surface area contributed by atoms with E-state index in [0.29, 0.717) is 28.5 Å². The average Bonchev–Trinajstić information content (AvgIpc) is 3.25. The van der Waals surface area contributed by atoms with Crippen LogP contribution in [0.15, 0.2) is 35.8 Å². The molecule has 1 aromatic carbocycles. The number of nitrogens with one attached hydrogen (secondary N) is 1. The minimum Gasteiger partial charge on any atom is -0.431 e. The highest BCUT2D eigenvalue weighted by Crippen LogP contribution is 2.28. The molecule has 6 heteroatoms. The summed E-state index contributed by atoms with van der Waals surface area (Å²) in [6.07, 6.45) is 2.90. The summed E-state index contributed by atoms with van der Waals surface area (Å²) < 4.78 is 5.60. The molecule has 1 N–H and O–H groups in total. The summed E-state index contributed by atoms with van der Waals surface area (Å²) in [5.74, 6) is 1.31. The molecule has 3 unspecified atom stereocenters. The molecular formula is C16H17N3O2S. The molecule has 2 aliphatic rings. The minimum absolute atomic E-state index is 0.000418. The summed E-state index contributed by atoms with van der Waals surface area (Å²) in [5.41, 5.74) is 0.671. The van der Waals surface area contributed by atoms with E-state index in [1.54, 1.807) is 30.5 Å². The fourth-order valence-corrected chi connectivity index (χ4v) is 3.74. The van der Waals surface area contributed by atoms with Gasteiger partial charge in [-0.15, -0.1) is 0 Å². The number of fused-ring (bicyclic) bond motifs is 2. The molecule has 1 aromatic heterocycles. The summed E-state index contributed by atoms with van der Waals surface area (Å²) in [4.78, 5) is 18.8. The van der Waals surface area contributed by atoms with E-state index >= 15 is 0 Å². The zero-order chi connectivity index (χ0) is 14.9. The molecule has 114 valence electrons. The summed E-state index contributed by atoms with van der Waals surface area (Å²) in [5, 5.41) is 5.63. The Kier molecular flexibility index (Phi) is 3.56. The van der Waals surface area contributed by atoms with Crippen LogP contribution in [0.5, 0.6) is 10.9 Å². The van der Waals surface area contributed by atoms with Crippen molar-refractivity contribution in [1.82, 2.24) is 15.2 Å². The lowest BCUT2D eigenvalue weighted by Gasteiger charge is -2.23. The van der Waals surface area contributed by atoms with E-state index in [0.717, 1.165) is 13.1 Å². The smallest absolute Gasteiger partial charge is 0.278 e. The minimum atomic E-state index is -0.000418. The Morgan fingerprint density at radius 3 is 2.82 bits per heavy atom. The predicted molar refractivity (Wildman–Crippen MR) is 84.4 cm³/mol. The van der Waals surface area contributed by atoms with Crippen LogP contribution in [0.2, 0.25) is 0 Å². The molecular weight excluding hydrogens is 298 g/mol. The normalized spacial score (nSPS) is 26.1. The number of aromatic nitrogens is 1. The SMILES string of the molecule is O=C(NC1CN2CCC1C2)c1ccc(Oc2nccs2)cc1. The first-order valence-corrected chi connectivity index (χ1v) is 8.36. The van der Waals surface area contributed by atoms with E-state index in [9.17, 15) is 4.79 Å². The maximum Gasteiger partial charge on any atom is 0.278 e. The number of hydrogen-bond acceptors (Lipinski definition) is 5. The fourth-order valence-electron chi connectivity index (χ4n) is 3.24. The standard InChI is InChI=1S/C16H17N3O2S/c20-15(18-14-10-19-7-5-12(14)9-19)11-1-3-13(4-2-11)21-16-17-6-8-22-16/h1-4,6,8,12,14H,5,7,9-10H2,(H,18,20). The lowest BCUT2D eigenvalue weighted by molar-refractivity contribution is 0.0924. The first-order chi connectivity index (χ1) is 10.8. The van der Waals surface area contributed by atoms with Gasteiger partial charge in [-0.05, 0) is 43.1 Å². The molecule has 0 radical (unpaired) electrons. The van der Waals surface area contributed by atoms with Crippen molar-refractivity contribution < 1.29 is 9.53 Å². The van der Waals surface area contributed by atoms with Gasteiger partial charge < -0.3 is 15.0 Å². The second-order valence-electron chi connectivity index (χ2n) is 5.81. The van der Waals surface area contributed by atoms with Crippen LogP contribution in [0.25, 0.3) is 0 Å². The molecule has 4 rings (SSSR count). The Morgan fingerprint density at radius 1 is 1.32 bits per heavy atom. The highest BCUT2D eigenvalue weighted by Gasteiger charge is 2.38. The maximum atomic E-state index is 12.3. The molecule has 0 saturated carbocycles. The second-order valence-corrected chi connectivity index (χ2v) is 6.67. The third-order valence-electron chi connectivity index (χ3n) is 4.38. The quantitative estimate of drug-likeness (QED) is 0.941. The van der Waals surface area contributed by atoms with Crippen LogP contribution in [0, 0.1) is 5.92 Å². The van der Waals surface area contributed by atoms with E-state index < -0.39 is 0 Å². The van der Waals surface area contributed by atoms with E-state index in [2.05, 4.69) is 15.2 Å². The number of amides is 1. The van der Waals surface area contributed by atoms with Crippen LogP contribution < -0.4 is 10.1 Å². The van der Waals surface area contributed by atoms with Crippen molar-refractivity contribution in [2.75, 3.05) is 19.6 Å². The van der Waals surface area contributed by atoms with Crippen LogP contribution >= 0.6 is 11.3 Å². The number of rotatable bonds is 4. The van der Waals surface area contributed by atoms with Gasteiger partial charge in [-0.1, -0.05) is 11.3 Å². The molecule has 2 saturated heterocycles. The van der Waals surface area contributed by atoms with E-state index in [1.807, 2.05) is 5.38 Å². The monoisotopic (exact) mass is 315 g/mol. The number of carbonyl (C=O) groups excluding carboxylic acids is 1. The van der Waals surface area contributed by atoms with Crippen molar-refractivity contribution in [1.29, 1.82) is 0 Å². The summed E-state index contributed by atoms with van der Waals surface area (Å²) in [6, 6.07) is 7.51. The third kappa shape index (κ3) is 2.71. The summed E-state index contributed by atoms with van der Waals surface area (Å²) in [6.45, 7) is 3.30. The number of hydrogen-bond donors (Lipinski definition) is 1. The molecule has 2 aromatic rings. The zero-order valence-electron chi connectivity index (χ0n) is 12.1. The van der Waals surface area contributed by atoms with Crippen LogP contribution in [0.3, 0.4) is 0 Å². The third-order valence-corrected chi connectivity index (χ3v) is 5.03. The van der Waals surface area contributed by atoms with Crippen molar-refractivity contribution in [2.45, 2.75) is 12.5 Å². The first kappa shape index (κ1) is 13.7. The topological polar surface area (TPSA) is 54.5 Å². The molecule has 0 spiro atoms. The van der Waals surface area contributed by atoms with Crippen LogP contribution in [-0.2, 0) is 0 Å². The Balaban J connectivity index is 1.38. The van der Waals surface area contributed by atoms with Gasteiger partial charge in [0.1, 0.15) is 5.75 Å². The molecule has 2 bridgehead atoms. The Morgan fingerprint density at radius 2 is 2.18 bits per heavy atom. The Bertz CT molecular complexity index is 657. The van der Waals surface area contributed by atoms with Crippen molar-refractivity contribution in [2.24, 2.45) is 5.92 Å². The highest BCUT2D eigenvalue weighted by atomic mass is 32.1. The van der Waals surface area contributed by atoms with E-state index in [-0.39, 0.29) is 5.91 Å². The second kappa shape index (κ2) is 5.70. The molecule has 2 fully saturated rings. The first-order valence-electron chi connectivity index (χ1n) is 7.48. The number of ether oxygens (including phenoxy) is 1. The molecule has 22 heavy (non-hydrogen) atoms. The van der Waals surface area contributed by atoms with Crippen molar-refractivity contribution in [3.8, 4) is 10.9 Å². The van der Waals surface area contributed by atoms with Gasteiger partial charge in [0.25, 0.3) is 11.1 Å². The highest BCUT2D eigenvalue weighted by molar-refractivity contribution is 7.11. The van der Waals surface area contributed by atoms with Gasteiger partial charge in [0.2, 0.25) is 0 Å². The largest absolute Gasteiger partial charge is 0.431 e. The van der Waals surface area contributed by atoms with Gasteiger partial charge in [-0.3, -0.25) is 4.79 Å². The van der Waals surface area contributed by atoms with Gasteiger partial charge in [0.05, 0.1) is 0 Å². The fraction of sp³-hybridized carbons (Fsp3) is 0.375. The molecule has 5 nitrogen and oxygen atoms in total. The number of piperidine rings is 1. The van der Waals surface area contributed by atoms with Crippen LogP contribution in [0.1, 0.15) is 16.8 Å². The van der Waals surface area contributed by atoms with Gasteiger partial charge in [0, 0.05) is 36.3 Å². The molecule has 1 amide bonds. The van der Waals surface area contributed by atoms with Crippen molar-refractivity contribution in [3.63, 3.8) is 0 Å². The maximum absolute atomic E-state index is 12.3. The molecule has 0 aliphatic carbocycles. The van der Waals surface area contributed by atoms with Gasteiger partial charge in [-0.25, -0.2) is 4.98 Å². The average molecular weight is 315 g/mol. The van der Waals surface area contributed by atoms with Gasteiger partial charge in [-0.2, -0.15) is 0 Å². The molecule has 3 atom stereocenters. The number of thiazole rings is 1. The van der Waals surface area contributed by atoms with E-state index in [1.165, 1.54) is 24.3 Å². The van der Waals surface area contributed by atoms with Gasteiger partial charge in [0.15, 0.2) is 0 Å². The number of nitrogens with zero attached hydrogens (tertiary/aromatic N) is 2. The van der Waals surface area contributed by atoms with Crippen molar-refractivity contribution >= 4 is 17.2 Å². The van der Waals surface area contributed by atoms with Gasteiger partial charge >= 0.3 is 0 Å². The Labute approximate surface area is 132 Å². The predicted octanol–water partition coefficient (Wildman–Crippen LogP) is 2.37. The number of benzene rings is 1. The number of carbonyl (C=O) groups is 1. The lowest BCUT2D eigenvalue weighted by atomic mass is 9.99. The molecule has 2 aliphatic heterocycles. The summed E-state index contributed by atoms with van der Waals surface area (Å²) in [7, 11) is 0.